The van der Waals surface area contributed by atoms with Crippen molar-refractivity contribution >= 4 is 46.4 Å². The van der Waals surface area contributed by atoms with Crippen molar-refractivity contribution in [3.63, 3.8) is 0 Å². The van der Waals surface area contributed by atoms with E-state index in [1.54, 1.807) is 12.1 Å². The highest BCUT2D eigenvalue weighted by molar-refractivity contribution is 7.17. The fourth-order valence-corrected chi connectivity index (χ4v) is 4.87. The van der Waals surface area contributed by atoms with Gasteiger partial charge < -0.3 is 20.1 Å². The standard InChI is InChI=1S/C22H22N2O7S/c1-11(23-19(27)13-7-5-4-6-12(13)10-25)18(26)24-20-17(22(29)31-3)16-14(21(28)30-2)8-9-15(16)32-20/h4-7,10-11,14H,8-9H2,1-3H3,(H,23,27)(H,24,26). The number of methoxy groups -OCH3 is 2. The molecule has 1 aromatic carbocycles. The Kier molecular flexibility index (Phi) is 7.04. The number of aryl methyl sites for hydroxylation is 1. The van der Waals surface area contributed by atoms with Gasteiger partial charge >= 0.3 is 11.9 Å². The first-order valence-corrected chi connectivity index (χ1v) is 10.6. The number of rotatable bonds is 7. The highest BCUT2D eigenvalue weighted by Crippen LogP contribution is 2.45. The molecule has 168 valence electrons. The summed E-state index contributed by atoms with van der Waals surface area (Å²) >= 11 is 1.19. The minimum atomic E-state index is -0.971. The van der Waals surface area contributed by atoms with E-state index < -0.39 is 35.7 Å². The molecule has 0 fully saturated rings. The molecule has 0 spiro atoms. The number of esters is 2. The Labute approximate surface area is 188 Å². The number of benzene rings is 1. The molecule has 1 aliphatic carbocycles. The quantitative estimate of drug-likeness (QED) is 0.481. The highest BCUT2D eigenvalue weighted by atomic mass is 32.1. The van der Waals surface area contributed by atoms with E-state index in [4.69, 9.17) is 9.47 Å². The predicted octanol–water partition coefficient (Wildman–Crippen LogP) is 2.31. The van der Waals surface area contributed by atoms with Crippen molar-refractivity contribution in [2.45, 2.75) is 31.7 Å². The van der Waals surface area contributed by atoms with E-state index in [0.717, 1.165) is 4.88 Å². The second kappa shape index (κ2) is 9.73. The molecule has 1 heterocycles. The van der Waals surface area contributed by atoms with Crippen LogP contribution < -0.4 is 10.6 Å². The average molecular weight is 458 g/mol. The zero-order valence-electron chi connectivity index (χ0n) is 17.7. The monoisotopic (exact) mass is 458 g/mol. The van der Waals surface area contributed by atoms with Crippen LogP contribution in [-0.4, -0.2) is 50.3 Å². The van der Waals surface area contributed by atoms with Crippen molar-refractivity contribution in [2.75, 3.05) is 19.5 Å². The smallest absolute Gasteiger partial charge is 0.341 e. The van der Waals surface area contributed by atoms with E-state index in [1.807, 2.05) is 0 Å². The molecular weight excluding hydrogens is 436 g/mol. The van der Waals surface area contributed by atoms with Crippen LogP contribution in [0.4, 0.5) is 5.00 Å². The van der Waals surface area contributed by atoms with Crippen molar-refractivity contribution in [2.24, 2.45) is 0 Å². The van der Waals surface area contributed by atoms with Crippen LogP contribution in [-0.2, 0) is 25.5 Å². The molecule has 3 rings (SSSR count). The van der Waals surface area contributed by atoms with E-state index in [0.29, 0.717) is 24.7 Å². The zero-order valence-corrected chi connectivity index (χ0v) is 18.5. The summed E-state index contributed by atoms with van der Waals surface area (Å²) in [6.07, 6.45) is 1.64. The fraction of sp³-hybridized carbons (Fsp3) is 0.318. The normalized spacial score (nSPS) is 15.3. The Hall–Kier alpha value is -3.53. The number of fused-ring (bicyclic) bond motifs is 1. The molecule has 2 N–H and O–H groups in total. The minimum absolute atomic E-state index is 0.124. The maximum absolute atomic E-state index is 12.8. The van der Waals surface area contributed by atoms with Gasteiger partial charge in [-0.3, -0.25) is 19.2 Å². The van der Waals surface area contributed by atoms with Crippen LogP contribution in [0.5, 0.6) is 0 Å². The Balaban J connectivity index is 1.82. The SMILES string of the molecule is COC(=O)c1c(NC(=O)C(C)NC(=O)c2ccccc2C=O)sc2c1C(C(=O)OC)CC2. The van der Waals surface area contributed by atoms with Crippen LogP contribution in [0.25, 0.3) is 0 Å². The summed E-state index contributed by atoms with van der Waals surface area (Å²) in [6, 6.07) is 5.25. The van der Waals surface area contributed by atoms with Crippen molar-refractivity contribution < 1.29 is 33.4 Å². The predicted molar refractivity (Wildman–Crippen MR) is 116 cm³/mol. The molecule has 32 heavy (non-hydrogen) atoms. The van der Waals surface area contributed by atoms with Gasteiger partial charge in [0.05, 0.1) is 25.7 Å². The minimum Gasteiger partial charge on any atom is -0.469 e. The van der Waals surface area contributed by atoms with E-state index in [1.165, 1.54) is 44.6 Å². The van der Waals surface area contributed by atoms with Gasteiger partial charge in [-0.15, -0.1) is 11.3 Å². The first-order chi connectivity index (χ1) is 15.3. The number of nitrogens with one attached hydrogen (secondary N) is 2. The summed E-state index contributed by atoms with van der Waals surface area (Å²) < 4.78 is 9.72. The number of ether oxygens (including phenoxy) is 2. The number of hydrogen-bond donors (Lipinski definition) is 2. The number of anilines is 1. The fourth-order valence-electron chi connectivity index (χ4n) is 3.60. The summed E-state index contributed by atoms with van der Waals surface area (Å²) in [6.45, 7) is 1.48. The lowest BCUT2D eigenvalue weighted by Crippen LogP contribution is -2.42. The van der Waals surface area contributed by atoms with Gasteiger partial charge in [0.2, 0.25) is 5.91 Å². The van der Waals surface area contributed by atoms with E-state index in [9.17, 15) is 24.0 Å². The molecule has 2 amide bonds. The third-order valence-corrected chi connectivity index (χ3v) is 6.40. The van der Waals surface area contributed by atoms with Crippen molar-refractivity contribution in [3.05, 3.63) is 51.4 Å². The molecule has 2 unspecified atom stereocenters. The molecular formula is C22H22N2O7S. The van der Waals surface area contributed by atoms with Crippen LogP contribution in [0, 0.1) is 0 Å². The topological polar surface area (TPSA) is 128 Å². The number of carbonyl (C=O) groups is 5. The zero-order chi connectivity index (χ0) is 23.4. The average Bonchev–Trinajstić information content (AvgIpc) is 3.36. The van der Waals surface area contributed by atoms with Gasteiger partial charge in [0.1, 0.15) is 11.0 Å². The van der Waals surface area contributed by atoms with Crippen molar-refractivity contribution in [1.82, 2.24) is 5.32 Å². The summed E-state index contributed by atoms with van der Waals surface area (Å²) in [5.41, 5.74) is 0.988. The lowest BCUT2D eigenvalue weighted by molar-refractivity contribution is -0.142. The number of carbonyl (C=O) groups excluding carboxylic acids is 5. The molecule has 1 aliphatic rings. The van der Waals surface area contributed by atoms with Crippen LogP contribution in [0.2, 0.25) is 0 Å². The lowest BCUT2D eigenvalue weighted by Gasteiger charge is -2.15. The van der Waals surface area contributed by atoms with Gasteiger partial charge in [-0.1, -0.05) is 18.2 Å². The molecule has 10 heteroatoms. The second-order valence-corrected chi connectivity index (χ2v) is 8.24. The van der Waals surface area contributed by atoms with Gasteiger partial charge in [0, 0.05) is 16.0 Å². The van der Waals surface area contributed by atoms with Gasteiger partial charge in [-0.25, -0.2) is 4.79 Å². The molecule has 2 atom stereocenters. The number of aldehydes is 1. The van der Waals surface area contributed by atoms with Crippen molar-refractivity contribution in [3.8, 4) is 0 Å². The highest BCUT2D eigenvalue weighted by Gasteiger charge is 2.38. The summed E-state index contributed by atoms with van der Waals surface area (Å²) in [5, 5.41) is 5.45. The Morgan fingerprint density at radius 3 is 2.53 bits per heavy atom. The molecule has 2 aromatic rings. The summed E-state index contributed by atoms with van der Waals surface area (Å²) in [4.78, 5) is 61.9. The van der Waals surface area contributed by atoms with Crippen LogP contribution in [0.15, 0.2) is 24.3 Å². The molecule has 9 nitrogen and oxygen atoms in total. The maximum atomic E-state index is 12.8. The second-order valence-electron chi connectivity index (χ2n) is 7.14. The van der Waals surface area contributed by atoms with E-state index in [-0.39, 0.29) is 21.7 Å². The van der Waals surface area contributed by atoms with Gasteiger partial charge in [0.15, 0.2) is 6.29 Å². The maximum Gasteiger partial charge on any atom is 0.341 e. The molecule has 0 saturated carbocycles. The summed E-state index contributed by atoms with van der Waals surface area (Å²) in [5.74, 6) is -2.89. The van der Waals surface area contributed by atoms with E-state index >= 15 is 0 Å². The number of amides is 2. The first kappa shape index (κ1) is 23.1. The Morgan fingerprint density at radius 2 is 1.88 bits per heavy atom. The summed E-state index contributed by atoms with van der Waals surface area (Å²) in [7, 11) is 2.49. The Morgan fingerprint density at radius 1 is 1.16 bits per heavy atom. The van der Waals surface area contributed by atoms with Gasteiger partial charge in [0.25, 0.3) is 5.91 Å². The number of hydrogen-bond acceptors (Lipinski definition) is 8. The Bertz CT molecular complexity index is 1090. The van der Waals surface area contributed by atoms with Crippen LogP contribution >= 0.6 is 11.3 Å². The molecule has 0 aliphatic heterocycles. The van der Waals surface area contributed by atoms with E-state index in [2.05, 4.69) is 10.6 Å². The van der Waals surface area contributed by atoms with Gasteiger partial charge in [-0.05, 0) is 31.4 Å². The molecule has 0 radical (unpaired) electrons. The number of thiophene rings is 1. The molecule has 0 saturated heterocycles. The third kappa shape index (κ3) is 4.40. The van der Waals surface area contributed by atoms with Crippen molar-refractivity contribution in [1.29, 1.82) is 0 Å². The lowest BCUT2D eigenvalue weighted by atomic mass is 9.99. The van der Waals surface area contributed by atoms with Crippen LogP contribution in [0.3, 0.4) is 0 Å². The van der Waals surface area contributed by atoms with Gasteiger partial charge in [-0.2, -0.15) is 0 Å². The molecule has 0 bridgehead atoms. The molecule has 1 aromatic heterocycles. The largest absolute Gasteiger partial charge is 0.469 e. The van der Waals surface area contributed by atoms with Crippen LogP contribution in [0.1, 0.15) is 60.8 Å². The first-order valence-electron chi connectivity index (χ1n) is 9.80. The third-order valence-electron chi connectivity index (χ3n) is 5.22.